The van der Waals surface area contributed by atoms with Crippen LogP contribution in [-0.4, -0.2) is 17.6 Å². The Morgan fingerprint density at radius 3 is 2.77 bits per heavy atom. The monoisotopic (exact) mass is 421 g/mol. The van der Waals surface area contributed by atoms with Gasteiger partial charge in [0.2, 0.25) is 0 Å². The molecule has 0 aliphatic heterocycles. The van der Waals surface area contributed by atoms with Gasteiger partial charge in [0.15, 0.2) is 0 Å². The van der Waals surface area contributed by atoms with Crippen LogP contribution in [0.2, 0.25) is 0 Å². The van der Waals surface area contributed by atoms with Gasteiger partial charge in [-0.1, -0.05) is 24.8 Å². The first-order valence-corrected chi connectivity index (χ1v) is 8.51. The first-order valence-electron chi connectivity index (χ1n) is 6.62. The second kappa shape index (κ2) is 6.58. The maximum absolute atomic E-state index is 11.9. The molecule has 0 aliphatic rings. The van der Waals surface area contributed by atoms with Crippen LogP contribution in [0, 0.1) is 3.57 Å². The third-order valence-electron chi connectivity index (χ3n) is 3.05. The van der Waals surface area contributed by atoms with E-state index < -0.39 is 0 Å². The maximum atomic E-state index is 11.9. The molecule has 0 fully saturated rings. The zero-order valence-electron chi connectivity index (χ0n) is 11.6. The molecule has 1 heterocycles. The van der Waals surface area contributed by atoms with Crippen molar-refractivity contribution in [3.8, 4) is 10.6 Å². The van der Waals surface area contributed by atoms with Crippen LogP contribution in [0.3, 0.4) is 0 Å². The van der Waals surface area contributed by atoms with E-state index in [1.54, 1.807) is 23.5 Å². The Labute approximate surface area is 145 Å². The molecule has 0 saturated carbocycles. The normalized spacial score (nSPS) is 10.6. The average Bonchev–Trinajstić information content (AvgIpc) is 2.96. The first-order chi connectivity index (χ1) is 10.7. The molecule has 110 valence electrons. The fourth-order valence-electron chi connectivity index (χ4n) is 1.99. The van der Waals surface area contributed by atoms with Gasteiger partial charge in [0, 0.05) is 9.13 Å². The van der Waals surface area contributed by atoms with E-state index in [0.717, 1.165) is 20.8 Å². The lowest BCUT2D eigenvalue weighted by Gasteiger charge is -2.00. The van der Waals surface area contributed by atoms with Crippen LogP contribution in [0.5, 0.6) is 0 Å². The number of esters is 1. The summed E-state index contributed by atoms with van der Waals surface area (Å²) in [6, 6.07) is 13.6. The summed E-state index contributed by atoms with van der Waals surface area (Å²) in [7, 11) is 0. The van der Waals surface area contributed by atoms with Crippen LogP contribution >= 0.6 is 33.9 Å². The van der Waals surface area contributed by atoms with E-state index in [1.165, 1.54) is 3.57 Å². The lowest BCUT2D eigenvalue weighted by molar-refractivity contribution is 0.0550. The molecule has 22 heavy (non-hydrogen) atoms. The topological polar surface area (TPSA) is 39.2 Å². The quantitative estimate of drug-likeness (QED) is 0.342. The Kier molecular flexibility index (Phi) is 4.54. The Balaban J connectivity index is 1.94. The zero-order valence-corrected chi connectivity index (χ0v) is 14.6. The number of carbonyl (C=O) groups excluding carboxylic acids is 1. The van der Waals surface area contributed by atoms with Gasteiger partial charge in [0.05, 0.1) is 15.8 Å². The second-order valence-corrected chi connectivity index (χ2v) is 6.87. The fourth-order valence-corrected chi connectivity index (χ4v) is 3.36. The highest BCUT2D eigenvalue weighted by Crippen LogP contribution is 2.31. The Morgan fingerprint density at radius 2 is 2.05 bits per heavy atom. The van der Waals surface area contributed by atoms with Crippen LogP contribution in [0.15, 0.2) is 55.1 Å². The van der Waals surface area contributed by atoms with Crippen LogP contribution in [-0.2, 0) is 4.74 Å². The smallest absolute Gasteiger partial charge is 0.338 e. The van der Waals surface area contributed by atoms with E-state index in [1.807, 2.05) is 12.1 Å². The molecule has 0 radical (unpaired) electrons. The molecule has 3 rings (SSSR count). The van der Waals surface area contributed by atoms with Crippen molar-refractivity contribution in [3.05, 3.63) is 64.3 Å². The Hall–Kier alpha value is -1.73. The lowest BCUT2D eigenvalue weighted by atomic mass is 10.2. The number of hydrogen-bond acceptors (Lipinski definition) is 4. The molecule has 1 aromatic heterocycles. The molecule has 5 heteroatoms. The maximum Gasteiger partial charge on any atom is 0.338 e. The van der Waals surface area contributed by atoms with E-state index >= 15 is 0 Å². The van der Waals surface area contributed by atoms with Gasteiger partial charge >= 0.3 is 5.97 Å². The van der Waals surface area contributed by atoms with Gasteiger partial charge in [0.1, 0.15) is 11.6 Å². The summed E-state index contributed by atoms with van der Waals surface area (Å²) in [5.74, 6) is -0.342. The SMILES string of the molecule is C=CCOC(=O)c1ccc2nc(-c3ccc(I)cc3)sc2c1. The molecule has 3 nitrogen and oxygen atoms in total. The number of fused-ring (bicyclic) bond motifs is 1. The van der Waals surface area contributed by atoms with Crippen molar-refractivity contribution < 1.29 is 9.53 Å². The predicted molar refractivity (Wildman–Crippen MR) is 98.3 cm³/mol. The molecule has 0 bridgehead atoms. The van der Waals surface area contributed by atoms with E-state index in [4.69, 9.17) is 4.74 Å². The molecule has 0 atom stereocenters. The number of rotatable bonds is 4. The van der Waals surface area contributed by atoms with Crippen LogP contribution in [0.25, 0.3) is 20.8 Å². The van der Waals surface area contributed by atoms with Crippen LogP contribution < -0.4 is 0 Å². The number of benzene rings is 2. The highest BCUT2D eigenvalue weighted by molar-refractivity contribution is 14.1. The predicted octanol–water partition coefficient (Wildman–Crippen LogP) is 4.91. The highest BCUT2D eigenvalue weighted by Gasteiger charge is 2.11. The van der Waals surface area contributed by atoms with E-state index in [2.05, 4.69) is 58.4 Å². The van der Waals surface area contributed by atoms with Gasteiger partial charge in [-0.2, -0.15) is 0 Å². The summed E-state index contributed by atoms with van der Waals surface area (Å²) in [6.45, 7) is 3.75. The Morgan fingerprint density at radius 1 is 1.27 bits per heavy atom. The van der Waals surface area contributed by atoms with Crippen LogP contribution in [0.1, 0.15) is 10.4 Å². The van der Waals surface area contributed by atoms with Crippen molar-refractivity contribution in [2.45, 2.75) is 0 Å². The van der Waals surface area contributed by atoms with Crippen molar-refractivity contribution in [2.75, 3.05) is 6.61 Å². The standard InChI is InChI=1S/C17H12INO2S/c1-2-9-21-17(20)12-5-8-14-15(10-12)22-16(19-14)11-3-6-13(18)7-4-11/h2-8,10H,1,9H2. The molecular formula is C17H12INO2S. The Bertz CT molecular complexity index is 839. The molecule has 3 aromatic rings. The first kappa shape index (κ1) is 15.2. The minimum atomic E-state index is -0.342. The number of aromatic nitrogens is 1. The van der Waals surface area contributed by atoms with Crippen molar-refractivity contribution in [2.24, 2.45) is 0 Å². The minimum absolute atomic E-state index is 0.216. The number of halogens is 1. The highest BCUT2D eigenvalue weighted by atomic mass is 127. The van der Waals surface area contributed by atoms with Crippen molar-refractivity contribution in [1.29, 1.82) is 0 Å². The van der Waals surface area contributed by atoms with Gasteiger partial charge in [-0.25, -0.2) is 9.78 Å². The molecule has 0 amide bonds. The number of hydrogen-bond donors (Lipinski definition) is 0. The van der Waals surface area contributed by atoms with Crippen LogP contribution in [0.4, 0.5) is 0 Å². The van der Waals surface area contributed by atoms with Gasteiger partial charge in [0.25, 0.3) is 0 Å². The molecule has 0 unspecified atom stereocenters. The summed E-state index contributed by atoms with van der Waals surface area (Å²) >= 11 is 3.85. The molecule has 0 saturated heterocycles. The third kappa shape index (κ3) is 3.20. The summed E-state index contributed by atoms with van der Waals surface area (Å²) in [4.78, 5) is 16.5. The number of ether oxygens (including phenoxy) is 1. The van der Waals surface area contributed by atoms with Crippen molar-refractivity contribution >= 4 is 50.1 Å². The van der Waals surface area contributed by atoms with E-state index in [-0.39, 0.29) is 12.6 Å². The number of carbonyl (C=O) groups is 1. The summed E-state index contributed by atoms with van der Waals surface area (Å²) < 4.78 is 7.22. The van der Waals surface area contributed by atoms with E-state index in [0.29, 0.717) is 5.56 Å². The van der Waals surface area contributed by atoms with Gasteiger partial charge in [-0.15, -0.1) is 11.3 Å². The lowest BCUT2D eigenvalue weighted by Crippen LogP contribution is -2.04. The molecule has 0 aliphatic carbocycles. The van der Waals surface area contributed by atoms with Gasteiger partial charge in [-0.3, -0.25) is 0 Å². The number of thiazole rings is 1. The minimum Gasteiger partial charge on any atom is -0.458 e. The molecule has 0 spiro atoms. The summed E-state index contributed by atoms with van der Waals surface area (Å²) in [6.07, 6.45) is 1.55. The zero-order chi connectivity index (χ0) is 15.5. The molecule has 0 N–H and O–H groups in total. The molecular weight excluding hydrogens is 409 g/mol. The third-order valence-corrected chi connectivity index (χ3v) is 4.83. The second-order valence-electron chi connectivity index (χ2n) is 4.60. The average molecular weight is 421 g/mol. The molecule has 2 aromatic carbocycles. The van der Waals surface area contributed by atoms with Crippen molar-refractivity contribution in [1.82, 2.24) is 4.98 Å². The van der Waals surface area contributed by atoms with Gasteiger partial charge in [-0.05, 0) is 52.9 Å². The largest absolute Gasteiger partial charge is 0.458 e. The van der Waals surface area contributed by atoms with Crippen molar-refractivity contribution in [3.63, 3.8) is 0 Å². The van der Waals surface area contributed by atoms with Gasteiger partial charge < -0.3 is 4.74 Å². The summed E-state index contributed by atoms with van der Waals surface area (Å²) in [5, 5.41) is 0.947. The number of nitrogens with zero attached hydrogens (tertiary/aromatic N) is 1. The fraction of sp³-hybridized carbons (Fsp3) is 0.0588. The summed E-state index contributed by atoms with van der Waals surface area (Å²) in [5.41, 5.74) is 2.50. The van der Waals surface area contributed by atoms with E-state index in [9.17, 15) is 4.79 Å².